The molecule has 0 aromatic heterocycles. The van der Waals surface area contributed by atoms with Gasteiger partial charge in [0.15, 0.2) is 12.2 Å². The van der Waals surface area contributed by atoms with E-state index in [1.807, 2.05) is 0 Å². The fourth-order valence-corrected chi connectivity index (χ4v) is 12.5. The molecule has 0 saturated heterocycles. The van der Waals surface area contributed by atoms with Gasteiger partial charge in [0, 0.05) is 25.7 Å². The van der Waals surface area contributed by atoms with Gasteiger partial charge in [0.05, 0.1) is 26.4 Å². The van der Waals surface area contributed by atoms with Crippen LogP contribution in [0.5, 0.6) is 0 Å². The van der Waals surface area contributed by atoms with Crippen molar-refractivity contribution in [3.63, 3.8) is 0 Å². The third kappa shape index (κ3) is 68.1. The average Bonchev–Trinajstić information content (AvgIpc) is 1.82. The van der Waals surface area contributed by atoms with Gasteiger partial charge in [-0.15, -0.1) is 0 Å². The van der Waals surface area contributed by atoms with Gasteiger partial charge in [-0.3, -0.25) is 37.3 Å². The van der Waals surface area contributed by atoms with E-state index in [-0.39, 0.29) is 25.7 Å². The number of rotatable bonds is 71. The summed E-state index contributed by atoms with van der Waals surface area (Å²) < 4.78 is 68.4. The minimum atomic E-state index is -4.96. The van der Waals surface area contributed by atoms with Crippen LogP contribution in [-0.2, 0) is 65.4 Å². The van der Waals surface area contributed by atoms with Crippen LogP contribution < -0.4 is 0 Å². The highest BCUT2D eigenvalue weighted by Gasteiger charge is 2.30. The number of ether oxygens (including phenoxy) is 4. The van der Waals surface area contributed by atoms with Crippen LogP contribution in [-0.4, -0.2) is 96.7 Å². The summed E-state index contributed by atoms with van der Waals surface area (Å²) in [6.45, 7) is 11.8. The maximum atomic E-state index is 13.1. The lowest BCUT2D eigenvalue weighted by molar-refractivity contribution is -0.161. The molecule has 94 heavy (non-hydrogen) atoms. The summed E-state index contributed by atoms with van der Waals surface area (Å²) in [5.74, 6) is 0.0962. The van der Waals surface area contributed by atoms with Crippen molar-refractivity contribution in [1.82, 2.24) is 0 Å². The molecule has 0 aromatic rings. The molecule has 0 fully saturated rings. The van der Waals surface area contributed by atoms with Gasteiger partial charge < -0.3 is 33.8 Å². The number of hydrogen-bond acceptors (Lipinski definition) is 15. The molecule has 0 saturated carbocycles. The lowest BCUT2D eigenvalue weighted by atomic mass is 10.0. The van der Waals surface area contributed by atoms with Crippen LogP contribution in [0.2, 0.25) is 0 Å². The second-order valence-corrected chi connectivity index (χ2v) is 30.7. The van der Waals surface area contributed by atoms with E-state index in [1.165, 1.54) is 148 Å². The quantitative estimate of drug-likeness (QED) is 0.0169. The highest BCUT2D eigenvalue weighted by Crippen LogP contribution is 2.45. The molecule has 5 atom stereocenters. The standard InChI is InChI=1S/C75H142O17P2/c1-8-9-10-11-12-13-14-15-16-17-24-29-36-44-51-58-74(79)91-70(62-85-72(77)56-49-42-35-28-23-19-18-21-26-32-39-46-53-66(2)3)64-89-93(81,82)87-60-69(76)61-88-94(83,84)90-65-71(63-86-73(78)57-50-43-38-31-34-41-48-55-68(6)7)92-75(80)59-52-45-37-30-25-20-22-27-33-40-47-54-67(4)5/h13-16,66-71,76H,8-12,17-65H2,1-7H3,(H,81,82)(H,83,84)/b14-13-,16-15-/t69?,70-,71-/m1/s1. The molecule has 0 aliphatic carbocycles. The van der Waals surface area contributed by atoms with Gasteiger partial charge in [-0.1, -0.05) is 304 Å². The van der Waals surface area contributed by atoms with E-state index in [1.54, 1.807) is 0 Å². The second kappa shape index (κ2) is 65.2. The summed E-state index contributed by atoms with van der Waals surface area (Å²) >= 11 is 0. The van der Waals surface area contributed by atoms with E-state index in [9.17, 15) is 43.2 Å². The van der Waals surface area contributed by atoms with Crippen LogP contribution in [0.1, 0.15) is 357 Å². The molecule has 3 unspecified atom stereocenters. The summed E-state index contributed by atoms with van der Waals surface area (Å²) in [5, 5.41) is 10.6. The van der Waals surface area contributed by atoms with E-state index < -0.39 is 97.5 Å². The van der Waals surface area contributed by atoms with Gasteiger partial charge >= 0.3 is 39.5 Å². The monoisotopic (exact) mass is 1380 g/mol. The van der Waals surface area contributed by atoms with Gasteiger partial charge in [0.1, 0.15) is 19.3 Å². The van der Waals surface area contributed by atoms with Crippen molar-refractivity contribution in [3.05, 3.63) is 24.3 Å². The maximum Gasteiger partial charge on any atom is 0.472 e. The first-order valence-electron chi connectivity index (χ1n) is 38.2. The summed E-state index contributed by atoms with van der Waals surface area (Å²) in [6, 6.07) is 0. The van der Waals surface area contributed by atoms with Crippen molar-refractivity contribution in [1.29, 1.82) is 0 Å². The van der Waals surface area contributed by atoms with Gasteiger partial charge in [0.25, 0.3) is 0 Å². The lowest BCUT2D eigenvalue weighted by Crippen LogP contribution is -2.30. The molecule has 0 heterocycles. The number of unbranched alkanes of at least 4 members (excludes halogenated alkanes) is 36. The molecular formula is C75H142O17P2. The number of carbonyl (C=O) groups is 4. The normalized spacial score (nSPS) is 14.3. The zero-order chi connectivity index (χ0) is 69.4. The Morgan fingerprint density at radius 1 is 0.330 bits per heavy atom. The van der Waals surface area contributed by atoms with E-state index in [4.69, 9.17) is 37.0 Å². The van der Waals surface area contributed by atoms with Crippen LogP contribution in [0.15, 0.2) is 24.3 Å². The third-order valence-electron chi connectivity index (χ3n) is 16.8. The zero-order valence-electron chi connectivity index (χ0n) is 60.9. The molecule has 0 aromatic carbocycles. The van der Waals surface area contributed by atoms with Crippen LogP contribution >= 0.6 is 15.6 Å². The molecule has 0 radical (unpaired) electrons. The first kappa shape index (κ1) is 91.5. The Morgan fingerprint density at radius 3 is 0.862 bits per heavy atom. The molecule has 0 spiro atoms. The topological polar surface area (TPSA) is 237 Å². The highest BCUT2D eigenvalue weighted by atomic mass is 31.2. The molecule has 0 amide bonds. The molecule has 3 N–H and O–H groups in total. The lowest BCUT2D eigenvalue weighted by Gasteiger charge is -2.21. The minimum absolute atomic E-state index is 0.0846. The van der Waals surface area contributed by atoms with Crippen molar-refractivity contribution >= 4 is 39.5 Å². The molecule has 0 aliphatic rings. The summed E-state index contributed by atoms with van der Waals surface area (Å²) in [7, 11) is -9.92. The number of aliphatic hydroxyl groups is 1. The number of phosphoric acid groups is 2. The number of aliphatic hydroxyl groups excluding tert-OH is 1. The first-order valence-corrected chi connectivity index (χ1v) is 41.2. The Labute approximate surface area is 573 Å². The smallest absolute Gasteiger partial charge is 0.462 e. The Kier molecular flexibility index (Phi) is 63.5. The van der Waals surface area contributed by atoms with Crippen molar-refractivity contribution < 1.29 is 80.2 Å². The molecular weight excluding hydrogens is 1230 g/mol. The van der Waals surface area contributed by atoms with Crippen molar-refractivity contribution in [2.45, 2.75) is 375 Å². The van der Waals surface area contributed by atoms with Crippen molar-refractivity contribution in [2.75, 3.05) is 39.6 Å². The maximum absolute atomic E-state index is 13.1. The molecule has 0 bridgehead atoms. The third-order valence-corrected chi connectivity index (χ3v) is 18.7. The van der Waals surface area contributed by atoms with Gasteiger partial charge in [-0.05, 0) is 69.1 Å². The predicted molar refractivity (Wildman–Crippen MR) is 381 cm³/mol. The van der Waals surface area contributed by atoms with Crippen LogP contribution in [0.3, 0.4) is 0 Å². The molecule has 19 heteroatoms. The summed E-state index contributed by atoms with van der Waals surface area (Å²) in [4.78, 5) is 72.7. The molecule has 554 valence electrons. The SMILES string of the molecule is CCCCCC/C=C\C=C/CCCCCCCC(=O)O[C@H](COC(=O)CCCCCCCCCCCCCCC(C)C)COP(=O)(O)OCC(O)COP(=O)(O)OC[C@@H](COC(=O)CCCCCCCCCC(C)C)OC(=O)CCCCCCCCCCCCCC(C)C. The number of hydrogen-bond donors (Lipinski definition) is 3. The first-order chi connectivity index (χ1) is 45.2. The number of allylic oxidation sites excluding steroid dienone is 4. The fourth-order valence-electron chi connectivity index (χ4n) is 10.9. The number of carbonyl (C=O) groups excluding carboxylic acids is 4. The van der Waals surface area contributed by atoms with E-state index in [0.29, 0.717) is 31.6 Å². The Bertz CT molecular complexity index is 1930. The molecule has 17 nitrogen and oxygen atoms in total. The Morgan fingerprint density at radius 2 is 0.574 bits per heavy atom. The largest absolute Gasteiger partial charge is 0.472 e. The van der Waals surface area contributed by atoms with E-state index in [2.05, 4.69) is 72.8 Å². The van der Waals surface area contributed by atoms with Crippen molar-refractivity contribution in [2.24, 2.45) is 17.8 Å². The predicted octanol–water partition coefficient (Wildman–Crippen LogP) is 21.3. The van der Waals surface area contributed by atoms with Gasteiger partial charge in [-0.2, -0.15) is 0 Å². The van der Waals surface area contributed by atoms with Gasteiger partial charge in [0.2, 0.25) is 0 Å². The second-order valence-electron chi connectivity index (χ2n) is 27.8. The summed E-state index contributed by atoms with van der Waals surface area (Å²) in [6.07, 6.45) is 53.6. The Hall–Kier alpha value is -2.46. The Balaban J connectivity index is 5.29. The average molecular weight is 1380 g/mol. The van der Waals surface area contributed by atoms with Gasteiger partial charge in [-0.25, -0.2) is 9.13 Å². The minimum Gasteiger partial charge on any atom is -0.462 e. The summed E-state index contributed by atoms with van der Waals surface area (Å²) in [5.41, 5.74) is 0. The van der Waals surface area contributed by atoms with E-state index >= 15 is 0 Å². The van der Waals surface area contributed by atoms with Crippen molar-refractivity contribution in [3.8, 4) is 0 Å². The number of esters is 4. The zero-order valence-corrected chi connectivity index (χ0v) is 62.7. The molecule has 0 aliphatic heterocycles. The fraction of sp³-hybridized carbons (Fsp3) is 0.893. The van der Waals surface area contributed by atoms with Crippen LogP contribution in [0.25, 0.3) is 0 Å². The molecule has 0 rings (SSSR count). The van der Waals surface area contributed by atoms with E-state index in [0.717, 1.165) is 121 Å². The number of phosphoric ester groups is 2. The van der Waals surface area contributed by atoms with Crippen LogP contribution in [0, 0.1) is 17.8 Å². The van der Waals surface area contributed by atoms with Crippen LogP contribution in [0.4, 0.5) is 0 Å². The highest BCUT2D eigenvalue weighted by molar-refractivity contribution is 7.47.